The normalized spacial score (nSPS) is 17.2. The maximum atomic E-state index is 12.6. The number of aryl methyl sites for hydroxylation is 1. The van der Waals surface area contributed by atoms with Crippen LogP contribution in [-0.4, -0.2) is 33.7 Å². The highest BCUT2D eigenvalue weighted by Crippen LogP contribution is 2.30. The number of carbonyl (C=O) groups excluding carboxylic acids is 1. The summed E-state index contributed by atoms with van der Waals surface area (Å²) in [5.74, 6) is 0.427. The molecule has 0 radical (unpaired) electrons. The summed E-state index contributed by atoms with van der Waals surface area (Å²) in [4.78, 5) is 21.3. The Kier molecular flexibility index (Phi) is 4.13. The van der Waals surface area contributed by atoms with Gasteiger partial charge in [0.15, 0.2) is 5.82 Å². The molecule has 0 saturated carbocycles. The van der Waals surface area contributed by atoms with Gasteiger partial charge in [-0.25, -0.2) is 9.97 Å². The van der Waals surface area contributed by atoms with Crippen molar-refractivity contribution in [3.8, 4) is 0 Å². The van der Waals surface area contributed by atoms with E-state index in [0.29, 0.717) is 42.6 Å². The van der Waals surface area contributed by atoms with Crippen LogP contribution in [0.25, 0.3) is 0 Å². The number of aromatic nitrogens is 3. The molecule has 0 bridgehead atoms. The summed E-state index contributed by atoms with van der Waals surface area (Å²) >= 11 is 5.96. The summed E-state index contributed by atoms with van der Waals surface area (Å²) < 4.78 is 7.13. The molecule has 0 aliphatic carbocycles. The van der Waals surface area contributed by atoms with Crippen LogP contribution < -0.4 is 5.32 Å². The molecule has 1 fully saturated rings. The van der Waals surface area contributed by atoms with Crippen molar-refractivity contribution in [2.24, 2.45) is 7.05 Å². The largest absolute Gasteiger partial charge is 0.381 e. The van der Waals surface area contributed by atoms with Crippen LogP contribution in [0.5, 0.6) is 0 Å². The standard InChI is InChI=1S/C15H17ClN4O2/c1-20-10-11(16)9-12(20)13(21)19-15(3-7-22-8-4-15)14-17-5-2-6-18-14/h2,5-6,9-10H,3-4,7-8H2,1H3,(H,19,21). The van der Waals surface area contributed by atoms with Crippen molar-refractivity contribution in [3.63, 3.8) is 0 Å². The van der Waals surface area contributed by atoms with Gasteiger partial charge in [0.05, 0.1) is 5.02 Å². The predicted molar refractivity (Wildman–Crippen MR) is 81.7 cm³/mol. The Morgan fingerprint density at radius 2 is 2.05 bits per heavy atom. The molecule has 1 aliphatic heterocycles. The maximum absolute atomic E-state index is 12.6. The number of nitrogens with zero attached hydrogens (tertiary/aromatic N) is 3. The molecule has 2 aromatic heterocycles. The van der Waals surface area contributed by atoms with Crippen LogP contribution in [-0.2, 0) is 17.3 Å². The van der Waals surface area contributed by atoms with Crippen molar-refractivity contribution < 1.29 is 9.53 Å². The molecule has 1 N–H and O–H groups in total. The Bertz CT molecular complexity index is 665. The fourth-order valence-electron chi connectivity index (χ4n) is 2.70. The summed E-state index contributed by atoms with van der Waals surface area (Å²) in [5, 5.41) is 3.63. The van der Waals surface area contributed by atoms with Crippen LogP contribution in [0.1, 0.15) is 29.2 Å². The Labute approximate surface area is 133 Å². The third-order valence-corrected chi connectivity index (χ3v) is 4.10. The lowest BCUT2D eigenvalue weighted by Crippen LogP contribution is -2.50. The molecule has 6 nitrogen and oxygen atoms in total. The third kappa shape index (κ3) is 2.84. The van der Waals surface area contributed by atoms with E-state index >= 15 is 0 Å². The number of ether oxygens (including phenoxy) is 1. The number of nitrogens with one attached hydrogen (secondary N) is 1. The number of carbonyl (C=O) groups is 1. The average molecular weight is 321 g/mol. The second-order valence-electron chi connectivity index (χ2n) is 5.38. The lowest BCUT2D eigenvalue weighted by Gasteiger charge is -2.36. The summed E-state index contributed by atoms with van der Waals surface area (Å²) in [6.07, 6.45) is 6.35. The highest BCUT2D eigenvalue weighted by molar-refractivity contribution is 6.31. The van der Waals surface area contributed by atoms with Crippen LogP contribution in [0.3, 0.4) is 0 Å². The Morgan fingerprint density at radius 3 is 2.64 bits per heavy atom. The van der Waals surface area contributed by atoms with Gasteiger partial charge < -0.3 is 14.6 Å². The fourth-order valence-corrected chi connectivity index (χ4v) is 2.95. The summed E-state index contributed by atoms with van der Waals surface area (Å²) in [5.41, 5.74) is -0.0975. The fraction of sp³-hybridized carbons (Fsp3) is 0.400. The maximum Gasteiger partial charge on any atom is 0.268 e. The molecule has 3 rings (SSSR count). The van der Waals surface area contributed by atoms with E-state index in [1.54, 1.807) is 42.3 Å². The van der Waals surface area contributed by atoms with Crippen molar-refractivity contribution >= 4 is 17.5 Å². The minimum atomic E-state index is -0.604. The van der Waals surface area contributed by atoms with Crippen LogP contribution in [0.2, 0.25) is 5.02 Å². The van der Waals surface area contributed by atoms with E-state index < -0.39 is 5.54 Å². The molecular formula is C15H17ClN4O2. The molecule has 1 aliphatic rings. The van der Waals surface area contributed by atoms with Gasteiger partial charge in [0.1, 0.15) is 11.2 Å². The molecular weight excluding hydrogens is 304 g/mol. The first-order valence-corrected chi connectivity index (χ1v) is 7.48. The molecule has 116 valence electrons. The van der Waals surface area contributed by atoms with Gasteiger partial charge in [-0.05, 0) is 12.1 Å². The zero-order valence-corrected chi connectivity index (χ0v) is 13.0. The first kappa shape index (κ1) is 15.0. The summed E-state index contributed by atoms with van der Waals surface area (Å²) in [6, 6.07) is 3.41. The van der Waals surface area contributed by atoms with E-state index in [0.717, 1.165) is 0 Å². The van der Waals surface area contributed by atoms with E-state index in [-0.39, 0.29) is 5.91 Å². The molecule has 1 saturated heterocycles. The van der Waals surface area contributed by atoms with Gasteiger partial charge in [-0.3, -0.25) is 4.79 Å². The highest BCUT2D eigenvalue weighted by atomic mass is 35.5. The first-order valence-electron chi connectivity index (χ1n) is 7.10. The summed E-state index contributed by atoms with van der Waals surface area (Å²) in [7, 11) is 1.79. The van der Waals surface area contributed by atoms with E-state index in [4.69, 9.17) is 16.3 Å². The van der Waals surface area contributed by atoms with Gasteiger partial charge >= 0.3 is 0 Å². The first-order chi connectivity index (χ1) is 10.6. The molecule has 0 unspecified atom stereocenters. The van der Waals surface area contributed by atoms with Crippen LogP contribution in [0.4, 0.5) is 0 Å². The second-order valence-corrected chi connectivity index (χ2v) is 5.81. The number of amides is 1. The molecule has 7 heteroatoms. The second kappa shape index (κ2) is 6.06. The lowest BCUT2D eigenvalue weighted by atomic mass is 9.88. The molecule has 0 spiro atoms. The van der Waals surface area contributed by atoms with Gasteiger partial charge in [0.25, 0.3) is 5.91 Å². The molecule has 0 aromatic carbocycles. The predicted octanol–water partition coefficient (Wildman–Crippen LogP) is 1.90. The molecule has 0 atom stereocenters. The van der Waals surface area contributed by atoms with Crippen molar-refractivity contribution in [1.82, 2.24) is 19.9 Å². The monoisotopic (exact) mass is 320 g/mol. The molecule has 1 amide bonds. The van der Waals surface area contributed by atoms with Gasteiger partial charge in [-0.2, -0.15) is 0 Å². The van der Waals surface area contributed by atoms with E-state index in [2.05, 4.69) is 15.3 Å². The van der Waals surface area contributed by atoms with Gasteiger partial charge in [-0.15, -0.1) is 0 Å². The Hall–Kier alpha value is -1.92. The minimum absolute atomic E-state index is 0.191. The Morgan fingerprint density at radius 1 is 1.36 bits per heavy atom. The van der Waals surface area contributed by atoms with Crippen LogP contribution in [0, 0.1) is 0 Å². The Balaban J connectivity index is 1.91. The van der Waals surface area contributed by atoms with Crippen molar-refractivity contribution in [2.75, 3.05) is 13.2 Å². The quantitative estimate of drug-likeness (QED) is 0.938. The van der Waals surface area contributed by atoms with Crippen LogP contribution >= 0.6 is 11.6 Å². The number of hydrogen-bond acceptors (Lipinski definition) is 4. The zero-order valence-electron chi connectivity index (χ0n) is 12.3. The van der Waals surface area contributed by atoms with E-state index in [1.807, 2.05) is 0 Å². The van der Waals surface area contributed by atoms with Gasteiger partial charge in [0.2, 0.25) is 0 Å². The number of rotatable bonds is 3. The number of hydrogen-bond donors (Lipinski definition) is 1. The molecule has 2 aromatic rings. The van der Waals surface area contributed by atoms with E-state index in [1.165, 1.54) is 0 Å². The average Bonchev–Trinajstić information content (AvgIpc) is 2.88. The van der Waals surface area contributed by atoms with Gasteiger partial charge in [-0.1, -0.05) is 11.6 Å². The summed E-state index contributed by atoms with van der Waals surface area (Å²) in [6.45, 7) is 1.12. The van der Waals surface area contributed by atoms with E-state index in [9.17, 15) is 4.79 Å². The zero-order chi connectivity index (χ0) is 15.6. The lowest BCUT2D eigenvalue weighted by molar-refractivity contribution is 0.0311. The number of halogens is 1. The minimum Gasteiger partial charge on any atom is -0.381 e. The molecule has 22 heavy (non-hydrogen) atoms. The topological polar surface area (TPSA) is 69.0 Å². The molecule has 3 heterocycles. The van der Waals surface area contributed by atoms with Crippen molar-refractivity contribution in [3.05, 3.63) is 47.3 Å². The van der Waals surface area contributed by atoms with Crippen molar-refractivity contribution in [2.45, 2.75) is 18.4 Å². The van der Waals surface area contributed by atoms with Gasteiger partial charge in [0, 0.05) is 51.7 Å². The third-order valence-electron chi connectivity index (χ3n) is 3.90. The van der Waals surface area contributed by atoms with Crippen molar-refractivity contribution in [1.29, 1.82) is 0 Å². The smallest absolute Gasteiger partial charge is 0.268 e. The van der Waals surface area contributed by atoms with Crippen LogP contribution in [0.15, 0.2) is 30.7 Å². The SMILES string of the molecule is Cn1cc(Cl)cc1C(=O)NC1(c2ncccn2)CCOCC1. The highest BCUT2D eigenvalue weighted by Gasteiger charge is 2.39.